The summed E-state index contributed by atoms with van der Waals surface area (Å²) in [6.07, 6.45) is 2.62. The lowest BCUT2D eigenvalue weighted by molar-refractivity contribution is 0.620. The number of hydrogen-bond donors (Lipinski definition) is 0. The number of nitrogens with zero attached hydrogens (tertiary/aromatic N) is 3. The molecule has 0 amide bonds. The van der Waals surface area contributed by atoms with Crippen LogP contribution in [0.25, 0.3) is 11.0 Å². The first kappa shape index (κ1) is 13.6. The number of alkyl halides is 1. The number of aryl methyl sites for hydroxylation is 2. The van der Waals surface area contributed by atoms with Crippen LogP contribution in [0.3, 0.4) is 0 Å². The quantitative estimate of drug-likeness (QED) is 0.677. The standard InChI is InChI=1S/C15H16ClN3S/c1-10-3-4-12-13(9-10)19(14(18-12)5-6-16)11(2)15-17-7-8-20-15/h3-4,7-9,11H,5-6H2,1-2H3. The minimum atomic E-state index is 0.181. The minimum Gasteiger partial charge on any atom is -0.318 e. The smallest absolute Gasteiger partial charge is 0.115 e. The van der Waals surface area contributed by atoms with Gasteiger partial charge in [0.15, 0.2) is 0 Å². The molecule has 20 heavy (non-hydrogen) atoms. The van der Waals surface area contributed by atoms with Crippen LogP contribution in [0.5, 0.6) is 0 Å². The van der Waals surface area contributed by atoms with E-state index in [1.807, 2.05) is 11.6 Å². The molecule has 0 spiro atoms. The van der Waals surface area contributed by atoms with Crippen molar-refractivity contribution >= 4 is 34.0 Å². The Morgan fingerprint density at radius 1 is 1.40 bits per heavy atom. The molecule has 3 nitrogen and oxygen atoms in total. The third-order valence-corrected chi connectivity index (χ3v) is 4.57. The van der Waals surface area contributed by atoms with Crippen LogP contribution in [-0.2, 0) is 6.42 Å². The summed E-state index contributed by atoms with van der Waals surface area (Å²) in [5.41, 5.74) is 3.43. The highest BCUT2D eigenvalue weighted by molar-refractivity contribution is 7.09. The van der Waals surface area contributed by atoms with E-state index in [4.69, 9.17) is 16.6 Å². The largest absolute Gasteiger partial charge is 0.318 e. The maximum Gasteiger partial charge on any atom is 0.115 e. The average Bonchev–Trinajstić information content (AvgIpc) is 3.05. The van der Waals surface area contributed by atoms with Gasteiger partial charge in [0, 0.05) is 23.9 Å². The Morgan fingerprint density at radius 2 is 2.25 bits per heavy atom. The van der Waals surface area contributed by atoms with E-state index < -0.39 is 0 Å². The van der Waals surface area contributed by atoms with E-state index in [9.17, 15) is 0 Å². The van der Waals surface area contributed by atoms with Gasteiger partial charge in [-0.1, -0.05) is 6.07 Å². The van der Waals surface area contributed by atoms with Crippen LogP contribution in [0.2, 0.25) is 0 Å². The fourth-order valence-corrected chi connectivity index (χ4v) is 3.35. The lowest BCUT2D eigenvalue weighted by Gasteiger charge is -2.15. The zero-order valence-electron chi connectivity index (χ0n) is 11.5. The molecular weight excluding hydrogens is 290 g/mol. The van der Waals surface area contributed by atoms with Gasteiger partial charge in [-0.2, -0.15) is 0 Å². The van der Waals surface area contributed by atoms with Crippen molar-refractivity contribution in [3.8, 4) is 0 Å². The summed E-state index contributed by atoms with van der Waals surface area (Å²) in [5, 5.41) is 3.11. The number of hydrogen-bond acceptors (Lipinski definition) is 3. The Kier molecular flexibility index (Phi) is 3.76. The number of halogens is 1. The van der Waals surface area contributed by atoms with Gasteiger partial charge in [0.2, 0.25) is 0 Å². The molecule has 0 fully saturated rings. The highest BCUT2D eigenvalue weighted by Crippen LogP contribution is 2.28. The Balaban J connectivity index is 2.19. The lowest BCUT2D eigenvalue weighted by Crippen LogP contribution is -2.11. The van der Waals surface area contributed by atoms with Gasteiger partial charge in [0.05, 0.1) is 17.1 Å². The number of fused-ring (bicyclic) bond motifs is 1. The van der Waals surface area contributed by atoms with E-state index >= 15 is 0 Å². The zero-order chi connectivity index (χ0) is 14.1. The molecule has 2 aromatic heterocycles. The molecular formula is C15H16ClN3S. The van der Waals surface area contributed by atoms with Crippen molar-refractivity contribution in [2.45, 2.75) is 26.3 Å². The fourth-order valence-electron chi connectivity index (χ4n) is 2.50. The van der Waals surface area contributed by atoms with E-state index in [1.54, 1.807) is 11.3 Å². The molecule has 3 rings (SSSR count). The molecule has 0 saturated heterocycles. The Bertz CT molecular complexity index is 718. The summed E-state index contributed by atoms with van der Waals surface area (Å²) in [7, 11) is 0. The normalized spacial score (nSPS) is 12.9. The van der Waals surface area contributed by atoms with Gasteiger partial charge in [-0.25, -0.2) is 9.97 Å². The van der Waals surface area contributed by atoms with Gasteiger partial charge in [-0.15, -0.1) is 22.9 Å². The van der Waals surface area contributed by atoms with Crippen LogP contribution < -0.4 is 0 Å². The molecule has 5 heteroatoms. The van der Waals surface area contributed by atoms with Gasteiger partial charge in [-0.05, 0) is 31.5 Å². The van der Waals surface area contributed by atoms with E-state index in [0.717, 1.165) is 28.3 Å². The highest BCUT2D eigenvalue weighted by Gasteiger charge is 2.18. The Hall–Kier alpha value is -1.39. The second-order valence-electron chi connectivity index (χ2n) is 4.88. The number of aromatic nitrogens is 3. The number of imidazole rings is 1. The third kappa shape index (κ3) is 2.34. The first-order valence-corrected chi connectivity index (χ1v) is 8.05. The molecule has 0 N–H and O–H groups in total. The van der Waals surface area contributed by atoms with Crippen molar-refractivity contribution < 1.29 is 0 Å². The zero-order valence-corrected chi connectivity index (χ0v) is 13.1. The summed E-state index contributed by atoms with van der Waals surface area (Å²) in [6.45, 7) is 4.27. The van der Waals surface area contributed by atoms with Crippen LogP contribution in [0.15, 0.2) is 29.8 Å². The molecule has 0 bridgehead atoms. The first-order valence-electron chi connectivity index (χ1n) is 6.63. The van der Waals surface area contributed by atoms with Crippen molar-refractivity contribution in [2.24, 2.45) is 0 Å². The maximum absolute atomic E-state index is 5.93. The van der Waals surface area contributed by atoms with Crippen LogP contribution in [0, 0.1) is 6.92 Å². The Labute approximate surface area is 127 Å². The summed E-state index contributed by atoms with van der Waals surface area (Å²) in [6, 6.07) is 6.54. The molecule has 0 saturated carbocycles. The molecule has 104 valence electrons. The molecule has 0 aliphatic carbocycles. The maximum atomic E-state index is 5.93. The summed E-state index contributed by atoms with van der Waals surface area (Å²) in [5.74, 6) is 1.61. The minimum absolute atomic E-state index is 0.181. The van der Waals surface area contributed by atoms with Crippen molar-refractivity contribution in [1.29, 1.82) is 0 Å². The van der Waals surface area contributed by atoms with Crippen LogP contribution >= 0.6 is 22.9 Å². The van der Waals surface area contributed by atoms with Crippen molar-refractivity contribution in [3.05, 3.63) is 46.2 Å². The van der Waals surface area contributed by atoms with Gasteiger partial charge in [-0.3, -0.25) is 0 Å². The summed E-state index contributed by atoms with van der Waals surface area (Å²) >= 11 is 7.61. The van der Waals surface area contributed by atoms with Crippen molar-refractivity contribution in [3.63, 3.8) is 0 Å². The predicted octanol–water partition coefficient (Wildman–Crippen LogP) is 4.19. The second kappa shape index (κ2) is 5.54. The van der Waals surface area contributed by atoms with E-state index in [0.29, 0.717) is 5.88 Å². The molecule has 0 aliphatic heterocycles. The second-order valence-corrected chi connectivity index (χ2v) is 6.18. The monoisotopic (exact) mass is 305 g/mol. The van der Waals surface area contributed by atoms with Gasteiger partial charge >= 0.3 is 0 Å². The molecule has 0 aliphatic rings. The van der Waals surface area contributed by atoms with Crippen LogP contribution in [-0.4, -0.2) is 20.4 Å². The van der Waals surface area contributed by atoms with Gasteiger partial charge in [0.25, 0.3) is 0 Å². The summed E-state index contributed by atoms with van der Waals surface area (Å²) in [4.78, 5) is 9.17. The van der Waals surface area contributed by atoms with E-state index in [1.165, 1.54) is 5.56 Å². The van der Waals surface area contributed by atoms with E-state index in [2.05, 4.69) is 41.6 Å². The molecule has 2 heterocycles. The molecule has 1 atom stereocenters. The molecule has 1 unspecified atom stereocenters. The van der Waals surface area contributed by atoms with Crippen molar-refractivity contribution in [1.82, 2.24) is 14.5 Å². The number of thiazole rings is 1. The Morgan fingerprint density at radius 3 is 2.95 bits per heavy atom. The highest BCUT2D eigenvalue weighted by atomic mass is 35.5. The van der Waals surface area contributed by atoms with E-state index in [-0.39, 0.29) is 6.04 Å². The molecule has 3 aromatic rings. The SMILES string of the molecule is Cc1ccc2nc(CCCl)n(C(C)c3nccs3)c2c1. The lowest BCUT2D eigenvalue weighted by atomic mass is 10.2. The van der Waals surface area contributed by atoms with Crippen molar-refractivity contribution in [2.75, 3.05) is 5.88 Å². The van der Waals surface area contributed by atoms with Crippen LogP contribution in [0.4, 0.5) is 0 Å². The number of rotatable bonds is 4. The van der Waals surface area contributed by atoms with Crippen LogP contribution in [0.1, 0.15) is 29.4 Å². The molecule has 0 radical (unpaired) electrons. The van der Waals surface area contributed by atoms with Gasteiger partial charge in [0.1, 0.15) is 10.8 Å². The van der Waals surface area contributed by atoms with Gasteiger partial charge < -0.3 is 4.57 Å². The average molecular weight is 306 g/mol. The number of benzene rings is 1. The first-order chi connectivity index (χ1) is 9.70. The molecule has 1 aromatic carbocycles. The predicted molar refractivity (Wildman–Crippen MR) is 84.8 cm³/mol. The fraction of sp³-hybridized carbons (Fsp3) is 0.333. The third-order valence-electron chi connectivity index (χ3n) is 3.43. The summed E-state index contributed by atoms with van der Waals surface area (Å²) < 4.78 is 2.27. The topological polar surface area (TPSA) is 30.7 Å².